The first-order chi connectivity index (χ1) is 12.2. The number of carbonyl (C=O) groups is 2. The lowest BCUT2D eigenvalue weighted by molar-refractivity contribution is -0.130. The minimum Gasteiger partial charge on any atom is -0.339 e. The van der Waals surface area contributed by atoms with Crippen molar-refractivity contribution in [3.05, 3.63) is 29.2 Å². The molecule has 7 heteroatoms. The maximum absolute atomic E-state index is 13.0. The largest absolute Gasteiger partial charge is 0.339 e. The molecule has 0 radical (unpaired) electrons. The molecule has 0 aromatic carbocycles. The van der Waals surface area contributed by atoms with Gasteiger partial charge in [0.15, 0.2) is 5.65 Å². The molecule has 2 aromatic rings. The van der Waals surface area contributed by atoms with Crippen LogP contribution in [0.15, 0.2) is 12.3 Å². The minimum atomic E-state index is -0.0775. The summed E-state index contributed by atoms with van der Waals surface area (Å²) in [4.78, 5) is 32.6. The van der Waals surface area contributed by atoms with Crippen LogP contribution in [0.4, 0.5) is 0 Å². The molecule has 3 heterocycles. The Hall–Kier alpha value is -2.44. The van der Waals surface area contributed by atoms with E-state index in [1.807, 2.05) is 13.0 Å². The fraction of sp³-hybridized carbons (Fsp3) is 0.579. The first-order valence-corrected chi connectivity index (χ1v) is 9.15. The fourth-order valence-corrected chi connectivity index (χ4v) is 3.26. The number of rotatable bonds is 2. The first kappa shape index (κ1) is 18.4. The van der Waals surface area contributed by atoms with Crippen molar-refractivity contribution in [2.75, 3.05) is 26.2 Å². The zero-order valence-electron chi connectivity index (χ0n) is 16.2. The molecular weight excluding hydrogens is 330 g/mol. The summed E-state index contributed by atoms with van der Waals surface area (Å²) in [5.74, 6) is 0.0212. The lowest BCUT2D eigenvalue weighted by atomic mass is 9.93. The number of hydrogen-bond acceptors (Lipinski definition) is 4. The van der Waals surface area contributed by atoms with Crippen molar-refractivity contribution >= 4 is 17.5 Å². The van der Waals surface area contributed by atoms with Crippen molar-refractivity contribution in [3.8, 4) is 0 Å². The molecule has 0 unspecified atom stereocenters. The topological polar surface area (TPSA) is 70.8 Å². The first-order valence-electron chi connectivity index (χ1n) is 9.15. The van der Waals surface area contributed by atoms with Crippen LogP contribution in [0.3, 0.4) is 0 Å². The molecule has 1 aliphatic rings. The Bertz CT molecular complexity index is 841. The number of amides is 2. The van der Waals surface area contributed by atoms with E-state index in [0.717, 1.165) is 17.0 Å². The normalized spacial score (nSPS) is 15.6. The molecule has 3 rings (SSSR count). The van der Waals surface area contributed by atoms with Crippen LogP contribution in [0.1, 0.15) is 56.4 Å². The number of hydrogen-bond donors (Lipinski definition) is 0. The van der Waals surface area contributed by atoms with Crippen molar-refractivity contribution in [2.45, 2.75) is 46.5 Å². The summed E-state index contributed by atoms with van der Waals surface area (Å²) in [6.45, 7) is 12.2. The molecule has 1 saturated heterocycles. The summed E-state index contributed by atoms with van der Waals surface area (Å²) in [5.41, 5.74) is 3.12. The van der Waals surface area contributed by atoms with Crippen LogP contribution in [-0.2, 0) is 16.6 Å². The Kier molecular flexibility index (Phi) is 4.73. The maximum Gasteiger partial charge on any atom is 0.257 e. The highest BCUT2D eigenvalue weighted by Gasteiger charge is 2.27. The molecule has 0 spiro atoms. The van der Waals surface area contributed by atoms with E-state index >= 15 is 0 Å². The van der Waals surface area contributed by atoms with Crippen LogP contribution in [0.2, 0.25) is 0 Å². The Morgan fingerprint density at radius 3 is 2.27 bits per heavy atom. The number of fused-ring (bicyclic) bond motifs is 1. The van der Waals surface area contributed by atoms with Gasteiger partial charge in [0.2, 0.25) is 5.91 Å². The van der Waals surface area contributed by atoms with Gasteiger partial charge in [-0.25, -0.2) is 9.50 Å². The van der Waals surface area contributed by atoms with Gasteiger partial charge in [0.25, 0.3) is 5.91 Å². The lowest BCUT2D eigenvalue weighted by Gasteiger charge is -2.34. The van der Waals surface area contributed by atoms with E-state index in [-0.39, 0.29) is 17.2 Å². The maximum atomic E-state index is 13.0. The van der Waals surface area contributed by atoms with Crippen molar-refractivity contribution < 1.29 is 9.59 Å². The monoisotopic (exact) mass is 357 g/mol. The highest BCUT2D eigenvalue weighted by atomic mass is 16.2. The Morgan fingerprint density at radius 1 is 1.12 bits per heavy atom. The van der Waals surface area contributed by atoms with Gasteiger partial charge in [-0.15, -0.1) is 0 Å². The Morgan fingerprint density at radius 2 is 1.73 bits per heavy atom. The van der Waals surface area contributed by atoms with Crippen molar-refractivity contribution in [2.24, 2.45) is 0 Å². The Balaban J connectivity index is 1.92. The highest BCUT2D eigenvalue weighted by Crippen LogP contribution is 2.23. The zero-order chi connectivity index (χ0) is 19.1. The summed E-state index contributed by atoms with van der Waals surface area (Å²) >= 11 is 0. The third kappa shape index (κ3) is 3.30. The van der Waals surface area contributed by atoms with Gasteiger partial charge in [-0.05, 0) is 6.42 Å². The summed E-state index contributed by atoms with van der Waals surface area (Å²) in [7, 11) is 0. The molecule has 2 amide bonds. The smallest absolute Gasteiger partial charge is 0.257 e. The van der Waals surface area contributed by atoms with Crippen molar-refractivity contribution in [3.63, 3.8) is 0 Å². The molecule has 1 fully saturated rings. The average Bonchev–Trinajstić information content (AvgIpc) is 3.05. The third-order valence-corrected chi connectivity index (χ3v) is 4.93. The second kappa shape index (κ2) is 6.70. The molecule has 0 aliphatic carbocycles. The van der Waals surface area contributed by atoms with Gasteiger partial charge >= 0.3 is 0 Å². The van der Waals surface area contributed by atoms with Crippen molar-refractivity contribution in [1.82, 2.24) is 24.4 Å². The lowest BCUT2D eigenvalue weighted by Crippen LogP contribution is -2.50. The zero-order valence-corrected chi connectivity index (χ0v) is 16.2. The van der Waals surface area contributed by atoms with E-state index in [9.17, 15) is 9.59 Å². The number of aromatic nitrogens is 3. The van der Waals surface area contributed by atoms with Gasteiger partial charge in [-0.1, -0.05) is 27.7 Å². The molecule has 0 bridgehead atoms. The quantitative estimate of drug-likeness (QED) is 0.823. The summed E-state index contributed by atoms with van der Waals surface area (Å²) in [6.07, 6.45) is 2.36. The van der Waals surface area contributed by atoms with Crippen LogP contribution in [0.25, 0.3) is 5.65 Å². The Labute approximate surface area is 154 Å². The fourth-order valence-electron chi connectivity index (χ4n) is 3.26. The number of piperazine rings is 1. The molecule has 140 valence electrons. The highest BCUT2D eigenvalue weighted by molar-refractivity contribution is 5.95. The molecule has 0 saturated carbocycles. The third-order valence-electron chi connectivity index (χ3n) is 4.93. The van der Waals surface area contributed by atoms with Crippen LogP contribution in [-0.4, -0.2) is 62.4 Å². The average molecular weight is 357 g/mol. The predicted molar refractivity (Wildman–Crippen MR) is 99.2 cm³/mol. The predicted octanol–water partition coefficient (Wildman–Crippen LogP) is 1.89. The van der Waals surface area contributed by atoms with Gasteiger partial charge in [0.1, 0.15) is 0 Å². The van der Waals surface area contributed by atoms with Gasteiger partial charge in [0.05, 0.1) is 17.0 Å². The van der Waals surface area contributed by atoms with Crippen LogP contribution >= 0.6 is 0 Å². The number of aryl methyl sites for hydroxylation is 1. The van der Waals surface area contributed by atoms with E-state index < -0.39 is 0 Å². The van der Waals surface area contributed by atoms with Crippen LogP contribution in [0, 0.1) is 0 Å². The molecule has 26 heavy (non-hydrogen) atoms. The van der Waals surface area contributed by atoms with Crippen LogP contribution in [0.5, 0.6) is 0 Å². The molecule has 1 aliphatic heterocycles. The second-order valence-corrected chi connectivity index (χ2v) is 7.82. The van der Waals surface area contributed by atoms with Gasteiger partial charge in [-0.2, -0.15) is 5.10 Å². The molecular formula is C19H27N5O2. The van der Waals surface area contributed by atoms with Gasteiger partial charge in [0, 0.05) is 50.8 Å². The molecule has 7 nitrogen and oxygen atoms in total. The molecule has 0 atom stereocenters. The van der Waals surface area contributed by atoms with E-state index in [4.69, 9.17) is 5.10 Å². The molecule has 2 aromatic heterocycles. The number of carbonyl (C=O) groups excluding carboxylic acids is 2. The minimum absolute atomic E-state index is 0.0349. The van der Waals surface area contributed by atoms with Crippen molar-refractivity contribution in [1.29, 1.82) is 0 Å². The van der Waals surface area contributed by atoms with E-state index in [1.165, 1.54) is 0 Å². The second-order valence-electron chi connectivity index (χ2n) is 7.82. The standard InChI is InChI=1S/C19H27N5O2/c1-6-15-14(18(26)23-9-7-22(8-10-23)13(2)25)12-20-17-11-16(19(3,4)5)21-24(15)17/h11-12H,6-10H2,1-5H3. The van der Waals surface area contributed by atoms with Gasteiger partial charge < -0.3 is 9.80 Å². The summed E-state index contributed by atoms with van der Waals surface area (Å²) in [6, 6.07) is 1.99. The van der Waals surface area contributed by atoms with E-state index in [1.54, 1.807) is 27.4 Å². The van der Waals surface area contributed by atoms with Gasteiger partial charge in [-0.3, -0.25) is 9.59 Å². The van der Waals surface area contributed by atoms with Crippen LogP contribution < -0.4 is 0 Å². The number of nitrogens with zero attached hydrogens (tertiary/aromatic N) is 5. The van der Waals surface area contributed by atoms with E-state index in [2.05, 4.69) is 25.8 Å². The SMILES string of the molecule is CCc1c(C(=O)N2CCN(C(C)=O)CC2)cnc2cc(C(C)(C)C)nn12. The summed E-state index contributed by atoms with van der Waals surface area (Å²) < 4.78 is 1.81. The van der Waals surface area contributed by atoms with E-state index in [0.29, 0.717) is 38.2 Å². The summed E-state index contributed by atoms with van der Waals surface area (Å²) in [5, 5.41) is 4.71. The molecule has 0 N–H and O–H groups in total.